The van der Waals surface area contributed by atoms with Gasteiger partial charge in [0, 0.05) is 5.69 Å². The van der Waals surface area contributed by atoms with Gasteiger partial charge in [0.1, 0.15) is 5.88 Å². The van der Waals surface area contributed by atoms with Crippen molar-refractivity contribution < 1.29 is 9.59 Å². The minimum absolute atomic E-state index is 0.240. The molecule has 1 aromatic heterocycles. The van der Waals surface area contributed by atoms with E-state index in [1.165, 1.54) is 0 Å². The number of carbonyl (C=O) groups is 2. The number of rotatable bonds is 3. The average molecular weight is 242 g/mol. The molecule has 0 unspecified atom stereocenters. The number of hydrogen-bond acceptors (Lipinski definition) is 3. The smallest absolute Gasteiger partial charge is 0.321 e. The highest BCUT2D eigenvalue weighted by Crippen LogP contribution is 1.97. The van der Waals surface area contributed by atoms with Gasteiger partial charge >= 0.3 is 6.03 Å². The highest BCUT2D eigenvalue weighted by molar-refractivity contribution is 6.28. The molecular weight excluding hydrogens is 230 g/mol. The van der Waals surface area contributed by atoms with E-state index in [1.54, 1.807) is 6.07 Å². The van der Waals surface area contributed by atoms with Crippen molar-refractivity contribution in [2.75, 3.05) is 5.88 Å². The van der Waals surface area contributed by atoms with E-state index >= 15 is 0 Å². The van der Waals surface area contributed by atoms with E-state index in [-0.39, 0.29) is 12.4 Å². The van der Waals surface area contributed by atoms with Gasteiger partial charge in [0.2, 0.25) is 5.91 Å². The van der Waals surface area contributed by atoms with Crippen molar-refractivity contribution >= 4 is 23.5 Å². The lowest BCUT2D eigenvalue weighted by atomic mass is 10.3. The molecule has 0 aliphatic carbocycles. The first kappa shape index (κ1) is 12.4. The minimum atomic E-state index is -0.575. The predicted octanol–water partition coefficient (Wildman–Crippen LogP) is 0.955. The summed E-state index contributed by atoms with van der Waals surface area (Å²) in [5.74, 6) is -0.771. The maximum Gasteiger partial charge on any atom is 0.321 e. The fraction of sp³-hybridized carbons (Fsp3) is 0.300. The van der Waals surface area contributed by atoms with Crippen molar-refractivity contribution in [1.82, 2.24) is 15.6 Å². The topological polar surface area (TPSA) is 71.1 Å². The van der Waals surface area contributed by atoms with Gasteiger partial charge in [-0.3, -0.25) is 15.1 Å². The van der Waals surface area contributed by atoms with E-state index in [0.717, 1.165) is 11.4 Å². The Balaban J connectivity index is 2.40. The molecule has 0 aromatic carbocycles. The number of imide groups is 1. The molecule has 0 radical (unpaired) electrons. The van der Waals surface area contributed by atoms with Crippen LogP contribution in [-0.4, -0.2) is 22.8 Å². The number of aryl methyl sites for hydroxylation is 1. The van der Waals surface area contributed by atoms with E-state index < -0.39 is 11.9 Å². The van der Waals surface area contributed by atoms with Crippen molar-refractivity contribution in [1.29, 1.82) is 0 Å². The number of nitrogens with one attached hydrogen (secondary N) is 2. The standard InChI is InChI=1S/C10H12ClN3O2/c1-7-3-2-4-8(13-7)6-12-10(16)14-9(15)5-11/h2-4H,5-6H2,1H3,(H2,12,14,15,16). The van der Waals surface area contributed by atoms with E-state index in [1.807, 2.05) is 19.1 Å². The lowest BCUT2D eigenvalue weighted by molar-refractivity contribution is -0.117. The minimum Gasteiger partial charge on any atom is -0.332 e. The summed E-state index contributed by atoms with van der Waals surface area (Å²) in [6.45, 7) is 2.13. The molecule has 0 aliphatic rings. The molecule has 16 heavy (non-hydrogen) atoms. The Bertz CT molecular complexity index is 395. The van der Waals surface area contributed by atoms with E-state index in [4.69, 9.17) is 11.6 Å². The van der Waals surface area contributed by atoms with E-state index in [2.05, 4.69) is 15.6 Å². The van der Waals surface area contributed by atoms with Gasteiger partial charge < -0.3 is 5.32 Å². The first-order valence-electron chi connectivity index (χ1n) is 4.68. The number of aromatic nitrogens is 1. The van der Waals surface area contributed by atoms with Crippen LogP contribution in [0.25, 0.3) is 0 Å². The number of carbonyl (C=O) groups excluding carboxylic acids is 2. The number of urea groups is 1. The van der Waals surface area contributed by atoms with Crippen molar-refractivity contribution in [3.05, 3.63) is 29.6 Å². The quantitative estimate of drug-likeness (QED) is 0.775. The van der Waals surface area contributed by atoms with Crippen LogP contribution in [0.2, 0.25) is 0 Å². The zero-order valence-corrected chi connectivity index (χ0v) is 9.54. The molecule has 0 saturated heterocycles. The lowest BCUT2D eigenvalue weighted by Gasteiger charge is -2.05. The Morgan fingerprint density at radius 2 is 2.19 bits per heavy atom. The molecule has 1 rings (SSSR count). The summed E-state index contributed by atoms with van der Waals surface area (Å²) >= 11 is 5.23. The van der Waals surface area contributed by atoms with Crippen molar-refractivity contribution in [2.24, 2.45) is 0 Å². The Kier molecular flexibility index (Phi) is 4.72. The van der Waals surface area contributed by atoms with Gasteiger partial charge in [-0.25, -0.2) is 4.79 Å². The summed E-state index contributed by atoms with van der Waals surface area (Å²) in [5, 5.41) is 4.57. The second kappa shape index (κ2) is 6.07. The Hall–Kier alpha value is -1.62. The molecule has 0 atom stereocenters. The Labute approximate surface area is 98.2 Å². The van der Waals surface area contributed by atoms with Gasteiger partial charge in [0.05, 0.1) is 12.2 Å². The summed E-state index contributed by atoms with van der Waals surface area (Å²) in [6, 6.07) is 4.92. The zero-order valence-electron chi connectivity index (χ0n) is 8.79. The van der Waals surface area contributed by atoms with Crippen LogP contribution in [0.5, 0.6) is 0 Å². The van der Waals surface area contributed by atoms with Crippen LogP contribution in [0.1, 0.15) is 11.4 Å². The summed E-state index contributed by atoms with van der Waals surface area (Å²) in [6.07, 6.45) is 0. The molecule has 1 heterocycles. The van der Waals surface area contributed by atoms with Crippen molar-refractivity contribution in [2.45, 2.75) is 13.5 Å². The first-order valence-corrected chi connectivity index (χ1v) is 5.21. The second-order valence-corrected chi connectivity index (χ2v) is 3.40. The fourth-order valence-electron chi connectivity index (χ4n) is 1.07. The largest absolute Gasteiger partial charge is 0.332 e. The zero-order chi connectivity index (χ0) is 12.0. The Morgan fingerprint density at radius 1 is 1.44 bits per heavy atom. The summed E-state index contributed by atoms with van der Waals surface area (Å²) in [4.78, 5) is 26.1. The maximum absolute atomic E-state index is 11.1. The molecule has 0 bridgehead atoms. The van der Waals surface area contributed by atoms with Crippen LogP contribution in [0.15, 0.2) is 18.2 Å². The van der Waals surface area contributed by atoms with Crippen LogP contribution in [0.3, 0.4) is 0 Å². The molecule has 3 amide bonds. The van der Waals surface area contributed by atoms with E-state index in [0.29, 0.717) is 0 Å². The normalized spacial score (nSPS) is 9.62. The van der Waals surface area contributed by atoms with Crippen LogP contribution >= 0.6 is 11.6 Å². The van der Waals surface area contributed by atoms with E-state index in [9.17, 15) is 9.59 Å². The van der Waals surface area contributed by atoms with Crippen LogP contribution < -0.4 is 10.6 Å². The van der Waals surface area contributed by atoms with Gasteiger partial charge in [0.15, 0.2) is 0 Å². The van der Waals surface area contributed by atoms with Crippen molar-refractivity contribution in [3.8, 4) is 0 Å². The highest BCUT2D eigenvalue weighted by Gasteiger charge is 2.05. The van der Waals surface area contributed by atoms with Gasteiger partial charge in [0.25, 0.3) is 0 Å². The maximum atomic E-state index is 11.1. The van der Waals surface area contributed by atoms with Gasteiger partial charge in [-0.1, -0.05) is 6.07 Å². The molecule has 0 fully saturated rings. The number of pyridine rings is 1. The number of halogens is 1. The average Bonchev–Trinajstić information content (AvgIpc) is 2.26. The second-order valence-electron chi connectivity index (χ2n) is 3.13. The first-order chi connectivity index (χ1) is 7.61. The summed E-state index contributed by atoms with van der Waals surface area (Å²) < 4.78 is 0. The third kappa shape index (κ3) is 4.27. The molecule has 0 spiro atoms. The molecule has 1 aromatic rings. The molecule has 6 heteroatoms. The monoisotopic (exact) mass is 241 g/mol. The molecular formula is C10H12ClN3O2. The third-order valence-corrected chi connectivity index (χ3v) is 1.99. The summed E-state index contributed by atoms with van der Waals surface area (Å²) in [5.41, 5.74) is 1.60. The SMILES string of the molecule is Cc1cccc(CNC(=O)NC(=O)CCl)n1. The molecule has 5 nitrogen and oxygen atoms in total. The van der Waals surface area contributed by atoms with Gasteiger partial charge in [-0.05, 0) is 19.1 Å². The third-order valence-electron chi connectivity index (χ3n) is 1.75. The predicted molar refractivity (Wildman–Crippen MR) is 60.1 cm³/mol. The number of hydrogen-bond donors (Lipinski definition) is 2. The molecule has 86 valence electrons. The number of alkyl halides is 1. The molecule has 0 saturated carbocycles. The summed E-state index contributed by atoms with van der Waals surface area (Å²) in [7, 11) is 0. The molecule has 0 aliphatic heterocycles. The Morgan fingerprint density at radius 3 is 2.81 bits per heavy atom. The highest BCUT2D eigenvalue weighted by atomic mass is 35.5. The van der Waals surface area contributed by atoms with Gasteiger partial charge in [-0.15, -0.1) is 11.6 Å². The number of amides is 3. The lowest BCUT2D eigenvalue weighted by Crippen LogP contribution is -2.39. The van der Waals surface area contributed by atoms with Gasteiger partial charge in [-0.2, -0.15) is 0 Å². The van der Waals surface area contributed by atoms with Crippen molar-refractivity contribution in [3.63, 3.8) is 0 Å². The van der Waals surface area contributed by atoms with Crippen LogP contribution in [0, 0.1) is 6.92 Å². The fourth-order valence-corrected chi connectivity index (χ4v) is 1.14. The van der Waals surface area contributed by atoms with Crippen LogP contribution in [0.4, 0.5) is 4.79 Å². The number of nitrogens with zero attached hydrogens (tertiary/aromatic N) is 1. The van der Waals surface area contributed by atoms with Crippen LogP contribution in [-0.2, 0) is 11.3 Å². The molecule has 2 N–H and O–H groups in total.